The van der Waals surface area contributed by atoms with E-state index in [1.54, 1.807) is 6.92 Å². The largest absolute Gasteiger partial charge is 0.382 e. The predicted octanol–water partition coefficient (Wildman–Crippen LogP) is 1.66. The third-order valence-corrected chi connectivity index (χ3v) is 6.71. The molecule has 1 fully saturated rings. The van der Waals surface area contributed by atoms with E-state index >= 15 is 0 Å². The summed E-state index contributed by atoms with van der Waals surface area (Å²) in [5.41, 5.74) is 5.72. The van der Waals surface area contributed by atoms with E-state index < -0.39 is 9.84 Å². The number of nitrogens with one attached hydrogen (secondary N) is 1. The molecule has 1 aliphatic heterocycles. The van der Waals surface area contributed by atoms with Crippen molar-refractivity contribution < 1.29 is 8.42 Å². The fraction of sp³-hybridized carbons (Fsp3) is 0.769. The van der Waals surface area contributed by atoms with Crippen molar-refractivity contribution in [2.45, 2.75) is 38.1 Å². The summed E-state index contributed by atoms with van der Waals surface area (Å²) >= 11 is 1.13. The highest BCUT2D eigenvalue weighted by molar-refractivity contribution is 7.91. The molecule has 0 saturated carbocycles. The molecule has 0 aromatic carbocycles. The fourth-order valence-electron chi connectivity index (χ4n) is 2.59. The standard InChI is InChI=1S/C13H24N4O2S2/c1-4-21(18,19)11-12(14)16-20-13(11)15-7-10-5-6-17(8-10)9(2)3/h9-10,15H,4-8H2,1-3H3,(H2,14,16). The first-order valence-electron chi connectivity index (χ1n) is 7.31. The van der Waals surface area contributed by atoms with Crippen LogP contribution < -0.4 is 11.1 Å². The van der Waals surface area contributed by atoms with E-state index in [9.17, 15) is 8.42 Å². The van der Waals surface area contributed by atoms with Crippen molar-refractivity contribution in [3.8, 4) is 0 Å². The molecule has 1 unspecified atom stereocenters. The van der Waals surface area contributed by atoms with E-state index in [2.05, 4.69) is 28.4 Å². The quantitative estimate of drug-likeness (QED) is 0.824. The van der Waals surface area contributed by atoms with Gasteiger partial charge in [0.2, 0.25) is 0 Å². The molecular formula is C13H24N4O2S2. The second-order valence-electron chi connectivity index (χ2n) is 5.75. The molecule has 120 valence electrons. The molecule has 3 N–H and O–H groups in total. The number of nitrogen functional groups attached to an aromatic ring is 1. The number of nitrogens with zero attached hydrogens (tertiary/aromatic N) is 2. The van der Waals surface area contributed by atoms with Gasteiger partial charge in [-0.3, -0.25) is 0 Å². The van der Waals surface area contributed by atoms with Crippen LogP contribution in [0.4, 0.5) is 10.8 Å². The number of hydrogen-bond donors (Lipinski definition) is 2. The minimum Gasteiger partial charge on any atom is -0.382 e. The summed E-state index contributed by atoms with van der Waals surface area (Å²) in [4.78, 5) is 2.62. The van der Waals surface area contributed by atoms with Gasteiger partial charge in [0.25, 0.3) is 0 Å². The summed E-state index contributed by atoms with van der Waals surface area (Å²) < 4.78 is 28.1. The van der Waals surface area contributed by atoms with E-state index in [4.69, 9.17) is 5.73 Å². The summed E-state index contributed by atoms with van der Waals surface area (Å²) in [6, 6.07) is 0.560. The van der Waals surface area contributed by atoms with Crippen molar-refractivity contribution in [1.82, 2.24) is 9.27 Å². The van der Waals surface area contributed by atoms with Crippen LogP contribution in [0.5, 0.6) is 0 Å². The van der Waals surface area contributed by atoms with E-state index in [1.807, 2.05) is 0 Å². The Labute approximate surface area is 130 Å². The first kappa shape index (κ1) is 16.5. The Morgan fingerprint density at radius 3 is 2.81 bits per heavy atom. The molecular weight excluding hydrogens is 308 g/mol. The van der Waals surface area contributed by atoms with Gasteiger partial charge in [-0.05, 0) is 44.3 Å². The summed E-state index contributed by atoms with van der Waals surface area (Å²) in [5.74, 6) is 0.682. The monoisotopic (exact) mass is 332 g/mol. The van der Waals surface area contributed by atoms with Crippen LogP contribution in [0.2, 0.25) is 0 Å². The molecule has 0 bridgehead atoms. The van der Waals surface area contributed by atoms with Crippen LogP contribution in [0.1, 0.15) is 27.2 Å². The molecule has 0 radical (unpaired) electrons. The van der Waals surface area contributed by atoms with Crippen LogP contribution in [-0.2, 0) is 9.84 Å². The molecule has 0 spiro atoms. The lowest BCUT2D eigenvalue weighted by Crippen LogP contribution is -2.29. The minimum atomic E-state index is -3.34. The van der Waals surface area contributed by atoms with Gasteiger partial charge in [-0.15, -0.1) is 0 Å². The zero-order chi connectivity index (χ0) is 15.6. The number of hydrogen-bond acceptors (Lipinski definition) is 7. The van der Waals surface area contributed by atoms with Crippen LogP contribution in [0.25, 0.3) is 0 Å². The van der Waals surface area contributed by atoms with Gasteiger partial charge < -0.3 is 16.0 Å². The number of likely N-dealkylation sites (tertiary alicyclic amines) is 1. The lowest BCUT2D eigenvalue weighted by Gasteiger charge is -2.20. The summed E-state index contributed by atoms with van der Waals surface area (Å²) in [6.07, 6.45) is 1.13. The predicted molar refractivity (Wildman–Crippen MR) is 87.6 cm³/mol. The Morgan fingerprint density at radius 2 is 2.24 bits per heavy atom. The molecule has 0 amide bonds. The van der Waals surface area contributed by atoms with Crippen molar-refractivity contribution in [3.63, 3.8) is 0 Å². The van der Waals surface area contributed by atoms with Gasteiger partial charge in [0.05, 0.1) is 5.75 Å². The smallest absolute Gasteiger partial charge is 0.184 e. The molecule has 2 rings (SSSR count). The van der Waals surface area contributed by atoms with Gasteiger partial charge in [0.15, 0.2) is 15.7 Å². The van der Waals surface area contributed by atoms with Crippen LogP contribution in [-0.4, -0.2) is 49.1 Å². The Balaban J connectivity index is 2.02. The van der Waals surface area contributed by atoms with Crippen LogP contribution >= 0.6 is 11.5 Å². The third-order valence-electron chi connectivity index (χ3n) is 3.96. The van der Waals surface area contributed by atoms with Crippen molar-refractivity contribution in [3.05, 3.63) is 0 Å². The van der Waals surface area contributed by atoms with Crippen LogP contribution in [0.15, 0.2) is 4.90 Å². The first-order chi connectivity index (χ1) is 9.85. The second kappa shape index (κ2) is 6.50. The maximum absolute atomic E-state index is 12.1. The van der Waals surface area contributed by atoms with Gasteiger partial charge in [-0.1, -0.05) is 6.92 Å². The number of anilines is 2. The lowest BCUT2D eigenvalue weighted by molar-refractivity contribution is 0.266. The van der Waals surface area contributed by atoms with E-state index in [0.717, 1.165) is 37.6 Å². The molecule has 1 saturated heterocycles. The Hall–Kier alpha value is -0.860. The molecule has 0 aliphatic carbocycles. The van der Waals surface area contributed by atoms with Gasteiger partial charge in [-0.25, -0.2) is 8.42 Å². The summed E-state index contributed by atoms with van der Waals surface area (Å²) in [7, 11) is -3.34. The summed E-state index contributed by atoms with van der Waals surface area (Å²) in [5, 5.41) is 3.83. The first-order valence-corrected chi connectivity index (χ1v) is 9.73. The van der Waals surface area contributed by atoms with Crippen LogP contribution in [0.3, 0.4) is 0 Å². The average Bonchev–Trinajstić information content (AvgIpc) is 3.03. The maximum atomic E-state index is 12.1. The van der Waals surface area contributed by atoms with Crippen molar-refractivity contribution in [2.24, 2.45) is 5.92 Å². The molecule has 1 atom stereocenters. The highest BCUT2D eigenvalue weighted by Gasteiger charge is 2.27. The lowest BCUT2D eigenvalue weighted by atomic mass is 10.1. The maximum Gasteiger partial charge on any atom is 0.184 e. The molecule has 1 aromatic heterocycles. The Morgan fingerprint density at radius 1 is 1.52 bits per heavy atom. The molecule has 8 heteroatoms. The second-order valence-corrected chi connectivity index (χ2v) is 8.74. The van der Waals surface area contributed by atoms with E-state index in [-0.39, 0.29) is 16.5 Å². The molecule has 21 heavy (non-hydrogen) atoms. The van der Waals surface area contributed by atoms with E-state index in [0.29, 0.717) is 17.0 Å². The topological polar surface area (TPSA) is 88.3 Å². The average molecular weight is 332 g/mol. The fourth-order valence-corrected chi connectivity index (χ4v) is 4.76. The number of sulfone groups is 1. The van der Waals surface area contributed by atoms with Gasteiger partial charge in [-0.2, -0.15) is 4.37 Å². The molecule has 1 aliphatic rings. The number of aromatic nitrogens is 1. The van der Waals surface area contributed by atoms with Gasteiger partial charge in [0, 0.05) is 19.1 Å². The van der Waals surface area contributed by atoms with Gasteiger partial charge in [0.1, 0.15) is 9.90 Å². The minimum absolute atomic E-state index is 0.0366. The number of rotatable bonds is 6. The number of nitrogens with two attached hydrogens (primary N) is 1. The van der Waals surface area contributed by atoms with E-state index in [1.165, 1.54) is 0 Å². The highest BCUT2D eigenvalue weighted by Crippen LogP contribution is 2.32. The molecule has 6 nitrogen and oxygen atoms in total. The third kappa shape index (κ3) is 3.67. The highest BCUT2D eigenvalue weighted by atomic mass is 32.2. The normalized spacial score (nSPS) is 20.3. The summed E-state index contributed by atoms with van der Waals surface area (Å²) in [6.45, 7) is 8.94. The molecule has 1 aromatic rings. The van der Waals surface area contributed by atoms with Gasteiger partial charge >= 0.3 is 0 Å². The molecule has 2 heterocycles. The Bertz CT molecular complexity index is 583. The Kier molecular flexibility index (Phi) is 5.11. The van der Waals surface area contributed by atoms with Crippen molar-refractivity contribution in [1.29, 1.82) is 0 Å². The van der Waals surface area contributed by atoms with Crippen LogP contribution in [0, 0.1) is 5.92 Å². The van der Waals surface area contributed by atoms with Crippen molar-refractivity contribution in [2.75, 3.05) is 36.4 Å². The zero-order valence-electron chi connectivity index (χ0n) is 12.8. The van der Waals surface area contributed by atoms with Crippen molar-refractivity contribution >= 4 is 32.2 Å². The SMILES string of the molecule is CCS(=O)(=O)c1c(N)nsc1NCC1CCN(C(C)C)C1. The zero-order valence-corrected chi connectivity index (χ0v) is 14.4.